The maximum absolute atomic E-state index is 11.6. The molecule has 1 unspecified atom stereocenters. The molecular formula is C12H11Cl2NO4. The van der Waals surface area contributed by atoms with E-state index in [2.05, 4.69) is 11.9 Å². The number of carboxylic acid groups (broad SMARTS) is 1. The van der Waals surface area contributed by atoms with Crippen LogP contribution in [-0.2, 0) is 9.53 Å². The van der Waals surface area contributed by atoms with Gasteiger partial charge in [0, 0.05) is 15.7 Å². The van der Waals surface area contributed by atoms with E-state index in [1.165, 1.54) is 25.1 Å². The molecule has 1 amide bonds. The number of benzene rings is 1. The van der Waals surface area contributed by atoms with E-state index in [9.17, 15) is 9.59 Å². The van der Waals surface area contributed by atoms with E-state index in [0.717, 1.165) is 6.08 Å². The van der Waals surface area contributed by atoms with Crippen LogP contribution in [0.5, 0.6) is 0 Å². The van der Waals surface area contributed by atoms with Gasteiger partial charge in [-0.25, -0.2) is 9.59 Å². The quantitative estimate of drug-likeness (QED) is 0.834. The van der Waals surface area contributed by atoms with Gasteiger partial charge >= 0.3 is 12.1 Å². The summed E-state index contributed by atoms with van der Waals surface area (Å²) in [6.07, 6.45) is 0.0583. The maximum Gasteiger partial charge on any atom is 0.413 e. The van der Waals surface area contributed by atoms with Crippen molar-refractivity contribution in [3.8, 4) is 0 Å². The second-order valence-corrected chi connectivity index (χ2v) is 4.66. The minimum Gasteiger partial charge on any atom is -0.478 e. The molecule has 1 atom stereocenters. The molecule has 0 saturated heterocycles. The summed E-state index contributed by atoms with van der Waals surface area (Å²) in [6.45, 7) is 4.52. The number of carbonyl (C=O) groups is 2. The average Bonchev–Trinajstić information content (AvgIpc) is 2.26. The van der Waals surface area contributed by atoms with Gasteiger partial charge in [0.25, 0.3) is 0 Å². The Bertz CT molecular complexity index is 512. The fourth-order valence-corrected chi connectivity index (χ4v) is 1.66. The van der Waals surface area contributed by atoms with Gasteiger partial charge in [0.2, 0.25) is 5.60 Å². The van der Waals surface area contributed by atoms with E-state index in [1.807, 2.05) is 0 Å². The molecule has 0 radical (unpaired) electrons. The lowest BCUT2D eigenvalue weighted by Gasteiger charge is -2.21. The van der Waals surface area contributed by atoms with Crippen LogP contribution in [0.25, 0.3) is 0 Å². The molecule has 7 heteroatoms. The predicted octanol–water partition coefficient (Wildman–Crippen LogP) is 3.57. The van der Waals surface area contributed by atoms with Crippen molar-refractivity contribution in [3.63, 3.8) is 0 Å². The molecule has 0 saturated carbocycles. The van der Waals surface area contributed by atoms with E-state index < -0.39 is 17.7 Å². The van der Waals surface area contributed by atoms with Gasteiger partial charge in [-0.05, 0) is 31.2 Å². The first-order chi connectivity index (χ1) is 8.76. The number of anilines is 1. The molecular weight excluding hydrogens is 293 g/mol. The van der Waals surface area contributed by atoms with Crippen LogP contribution in [-0.4, -0.2) is 22.8 Å². The molecule has 0 aliphatic carbocycles. The molecule has 5 nitrogen and oxygen atoms in total. The SMILES string of the molecule is C=CC(C)(OC(=O)Nc1cc(Cl)cc(Cl)c1)C(=O)O. The summed E-state index contributed by atoms with van der Waals surface area (Å²) < 4.78 is 4.78. The number of carbonyl (C=O) groups excluding carboxylic acids is 1. The maximum atomic E-state index is 11.6. The zero-order valence-corrected chi connectivity index (χ0v) is 11.5. The molecule has 1 aromatic carbocycles. The molecule has 0 spiro atoms. The highest BCUT2D eigenvalue weighted by molar-refractivity contribution is 6.35. The van der Waals surface area contributed by atoms with Gasteiger partial charge in [-0.15, -0.1) is 0 Å². The lowest BCUT2D eigenvalue weighted by atomic mass is 10.1. The number of rotatable bonds is 4. The summed E-state index contributed by atoms with van der Waals surface area (Å²) in [5, 5.41) is 11.9. The zero-order valence-electron chi connectivity index (χ0n) is 9.94. The highest BCUT2D eigenvalue weighted by Crippen LogP contribution is 2.23. The summed E-state index contributed by atoms with van der Waals surface area (Å²) in [7, 11) is 0. The molecule has 0 bridgehead atoms. The Kier molecular flexibility index (Phi) is 4.80. The van der Waals surface area contributed by atoms with Gasteiger partial charge in [-0.1, -0.05) is 29.8 Å². The summed E-state index contributed by atoms with van der Waals surface area (Å²) in [4.78, 5) is 22.5. The summed E-state index contributed by atoms with van der Waals surface area (Å²) in [5.74, 6) is -1.33. The Morgan fingerprint density at radius 2 is 1.89 bits per heavy atom. The fourth-order valence-electron chi connectivity index (χ4n) is 1.13. The monoisotopic (exact) mass is 303 g/mol. The van der Waals surface area contributed by atoms with Gasteiger partial charge in [0.15, 0.2) is 0 Å². The number of amides is 1. The van der Waals surface area contributed by atoms with Crippen molar-refractivity contribution in [2.75, 3.05) is 5.32 Å². The van der Waals surface area contributed by atoms with Crippen molar-refractivity contribution in [1.29, 1.82) is 0 Å². The summed E-state index contributed by atoms with van der Waals surface area (Å²) >= 11 is 11.5. The highest BCUT2D eigenvalue weighted by Gasteiger charge is 2.34. The Hall–Kier alpha value is -1.72. The van der Waals surface area contributed by atoms with Crippen LogP contribution >= 0.6 is 23.2 Å². The molecule has 0 fully saturated rings. The Labute approximate surface area is 119 Å². The minimum absolute atomic E-state index is 0.291. The number of aliphatic carboxylic acids is 1. The molecule has 19 heavy (non-hydrogen) atoms. The molecule has 102 valence electrons. The molecule has 0 aliphatic rings. The van der Waals surface area contributed by atoms with Crippen molar-refractivity contribution in [3.05, 3.63) is 40.9 Å². The second-order valence-electron chi connectivity index (χ2n) is 3.79. The van der Waals surface area contributed by atoms with Gasteiger partial charge in [-0.2, -0.15) is 0 Å². The largest absolute Gasteiger partial charge is 0.478 e. The summed E-state index contributed by atoms with van der Waals surface area (Å²) in [5.41, 5.74) is -1.52. The number of hydrogen-bond acceptors (Lipinski definition) is 3. The number of ether oxygens (including phenoxy) is 1. The average molecular weight is 304 g/mol. The van der Waals surface area contributed by atoms with E-state index in [1.54, 1.807) is 0 Å². The van der Waals surface area contributed by atoms with Crippen molar-refractivity contribution in [2.24, 2.45) is 0 Å². The predicted molar refractivity (Wildman–Crippen MR) is 72.8 cm³/mol. The fraction of sp³-hybridized carbons (Fsp3) is 0.167. The van der Waals surface area contributed by atoms with Crippen LogP contribution in [0.4, 0.5) is 10.5 Å². The zero-order chi connectivity index (χ0) is 14.6. The van der Waals surface area contributed by atoms with Crippen LogP contribution in [0.1, 0.15) is 6.92 Å². The van der Waals surface area contributed by atoms with Crippen molar-refractivity contribution in [1.82, 2.24) is 0 Å². The standard InChI is InChI=1S/C12H11Cl2NO4/c1-3-12(2,10(16)17)19-11(18)15-9-5-7(13)4-8(14)6-9/h3-6H,1H2,2H3,(H,15,18)(H,16,17). The smallest absolute Gasteiger partial charge is 0.413 e. The molecule has 0 aromatic heterocycles. The van der Waals surface area contributed by atoms with Crippen LogP contribution in [0, 0.1) is 0 Å². The number of halogens is 2. The van der Waals surface area contributed by atoms with Crippen molar-refractivity contribution < 1.29 is 19.4 Å². The number of carboxylic acids is 1. The first-order valence-electron chi connectivity index (χ1n) is 5.10. The number of hydrogen-bond donors (Lipinski definition) is 2. The van der Waals surface area contributed by atoms with Crippen LogP contribution in [0.2, 0.25) is 10.0 Å². The third-order valence-corrected chi connectivity index (χ3v) is 2.66. The summed E-state index contributed by atoms with van der Waals surface area (Å²) in [6, 6.07) is 4.38. The van der Waals surface area contributed by atoms with E-state index >= 15 is 0 Å². The molecule has 2 N–H and O–H groups in total. The van der Waals surface area contributed by atoms with Crippen molar-refractivity contribution in [2.45, 2.75) is 12.5 Å². The Morgan fingerprint density at radius 1 is 1.37 bits per heavy atom. The number of nitrogens with one attached hydrogen (secondary N) is 1. The topological polar surface area (TPSA) is 75.6 Å². The third kappa shape index (κ3) is 4.15. The van der Waals surface area contributed by atoms with Crippen molar-refractivity contribution >= 4 is 41.0 Å². The Morgan fingerprint density at radius 3 is 2.32 bits per heavy atom. The van der Waals surface area contributed by atoms with Crippen LogP contribution in [0.3, 0.4) is 0 Å². The molecule has 0 heterocycles. The van der Waals surface area contributed by atoms with E-state index in [-0.39, 0.29) is 0 Å². The third-order valence-electron chi connectivity index (χ3n) is 2.23. The lowest BCUT2D eigenvalue weighted by Crippen LogP contribution is -2.39. The van der Waals surface area contributed by atoms with Gasteiger partial charge < -0.3 is 9.84 Å². The second kappa shape index (κ2) is 5.95. The lowest BCUT2D eigenvalue weighted by molar-refractivity contribution is -0.151. The normalized spacial score (nSPS) is 13.2. The minimum atomic E-state index is -1.81. The highest BCUT2D eigenvalue weighted by atomic mass is 35.5. The van der Waals surface area contributed by atoms with Gasteiger partial charge in [-0.3, -0.25) is 5.32 Å². The first-order valence-corrected chi connectivity index (χ1v) is 5.85. The molecule has 1 rings (SSSR count). The molecule has 1 aromatic rings. The van der Waals surface area contributed by atoms with Crippen LogP contribution in [0.15, 0.2) is 30.9 Å². The van der Waals surface area contributed by atoms with E-state index in [4.69, 9.17) is 33.0 Å². The Balaban J connectivity index is 2.80. The van der Waals surface area contributed by atoms with E-state index in [0.29, 0.717) is 15.7 Å². The first kappa shape index (κ1) is 15.3. The molecule has 0 aliphatic heterocycles. The van der Waals surface area contributed by atoms with Crippen LogP contribution < -0.4 is 5.32 Å². The van der Waals surface area contributed by atoms with Gasteiger partial charge in [0.05, 0.1) is 0 Å². The van der Waals surface area contributed by atoms with Gasteiger partial charge in [0.1, 0.15) is 0 Å².